The standard InChI is InChI=1S/C14H13N3O4/c18-12-8-4-2-6-10(12)14-15-13(16-21-14)9-5-1-3-7-11(9)17(19)20/h1,3,5,7,10H,2,4,6,8H2. The van der Waals surface area contributed by atoms with E-state index >= 15 is 0 Å². The summed E-state index contributed by atoms with van der Waals surface area (Å²) < 4.78 is 5.16. The fourth-order valence-corrected chi connectivity index (χ4v) is 2.55. The van der Waals surface area contributed by atoms with Crippen LogP contribution < -0.4 is 0 Å². The average Bonchev–Trinajstić information content (AvgIpc) is 2.97. The lowest BCUT2D eigenvalue weighted by Crippen LogP contribution is -2.17. The number of ketones is 1. The van der Waals surface area contributed by atoms with Crippen molar-refractivity contribution >= 4 is 11.5 Å². The highest BCUT2D eigenvalue weighted by Crippen LogP contribution is 2.32. The van der Waals surface area contributed by atoms with Gasteiger partial charge in [0.25, 0.3) is 5.69 Å². The van der Waals surface area contributed by atoms with E-state index in [0.717, 1.165) is 12.8 Å². The van der Waals surface area contributed by atoms with Crippen molar-refractivity contribution < 1.29 is 14.2 Å². The predicted molar refractivity (Wildman–Crippen MR) is 72.6 cm³/mol. The molecule has 0 amide bonds. The summed E-state index contributed by atoms with van der Waals surface area (Å²) in [6.45, 7) is 0. The van der Waals surface area contributed by atoms with Crippen LogP contribution in [0.1, 0.15) is 37.5 Å². The summed E-state index contributed by atoms with van der Waals surface area (Å²) in [5.74, 6) is 0.130. The highest BCUT2D eigenvalue weighted by Gasteiger charge is 2.30. The number of rotatable bonds is 3. The molecule has 0 N–H and O–H groups in total. The van der Waals surface area contributed by atoms with Crippen molar-refractivity contribution in [1.29, 1.82) is 0 Å². The minimum atomic E-state index is -0.489. The lowest BCUT2D eigenvalue weighted by Gasteiger charge is -2.16. The van der Waals surface area contributed by atoms with Gasteiger partial charge in [-0.1, -0.05) is 23.7 Å². The highest BCUT2D eigenvalue weighted by molar-refractivity contribution is 5.85. The zero-order valence-electron chi connectivity index (χ0n) is 11.2. The van der Waals surface area contributed by atoms with Gasteiger partial charge in [0.2, 0.25) is 11.7 Å². The zero-order valence-corrected chi connectivity index (χ0v) is 11.2. The SMILES string of the molecule is O=C1CCCCC1c1nc(-c2ccccc2[N+](=O)[O-])no1. The molecule has 1 aliphatic rings. The second kappa shape index (κ2) is 5.43. The molecule has 1 aromatic heterocycles. The van der Waals surface area contributed by atoms with Gasteiger partial charge in [0.1, 0.15) is 11.3 Å². The van der Waals surface area contributed by atoms with E-state index in [2.05, 4.69) is 10.1 Å². The Labute approximate surface area is 120 Å². The lowest BCUT2D eigenvalue weighted by atomic mass is 9.88. The molecule has 7 nitrogen and oxygen atoms in total. The summed E-state index contributed by atoms with van der Waals surface area (Å²) in [7, 11) is 0. The Kier molecular flexibility index (Phi) is 3.47. The number of hydrogen-bond acceptors (Lipinski definition) is 6. The second-order valence-corrected chi connectivity index (χ2v) is 5.00. The molecular weight excluding hydrogens is 274 g/mol. The van der Waals surface area contributed by atoms with Crippen LogP contribution in [0.15, 0.2) is 28.8 Å². The van der Waals surface area contributed by atoms with Gasteiger partial charge in [0.15, 0.2) is 0 Å². The zero-order chi connectivity index (χ0) is 14.8. The fraction of sp³-hybridized carbons (Fsp3) is 0.357. The maximum atomic E-state index is 11.9. The van der Waals surface area contributed by atoms with Crippen LogP contribution in [0.2, 0.25) is 0 Å². The maximum Gasteiger partial charge on any atom is 0.280 e. The van der Waals surface area contributed by atoms with Crippen LogP contribution >= 0.6 is 0 Å². The summed E-state index contributed by atoms with van der Waals surface area (Å²) in [6.07, 6.45) is 3.05. The van der Waals surface area contributed by atoms with Crippen molar-refractivity contribution in [2.24, 2.45) is 0 Å². The number of benzene rings is 1. The average molecular weight is 287 g/mol. The minimum Gasteiger partial charge on any atom is -0.338 e. The van der Waals surface area contributed by atoms with Crippen LogP contribution in [-0.2, 0) is 4.79 Å². The molecule has 1 aromatic carbocycles. The molecule has 1 heterocycles. The number of nitrogens with zero attached hydrogens (tertiary/aromatic N) is 3. The molecule has 1 fully saturated rings. The fourth-order valence-electron chi connectivity index (χ4n) is 2.55. The topological polar surface area (TPSA) is 99.1 Å². The summed E-state index contributed by atoms with van der Waals surface area (Å²) in [5.41, 5.74) is 0.209. The number of para-hydroxylation sites is 1. The van der Waals surface area contributed by atoms with E-state index in [4.69, 9.17) is 4.52 Å². The number of nitro benzene ring substituents is 1. The van der Waals surface area contributed by atoms with Crippen LogP contribution in [0.4, 0.5) is 5.69 Å². The molecule has 21 heavy (non-hydrogen) atoms. The number of carbonyl (C=O) groups excluding carboxylic acids is 1. The largest absolute Gasteiger partial charge is 0.338 e. The van der Waals surface area contributed by atoms with E-state index in [-0.39, 0.29) is 29.1 Å². The molecule has 0 aliphatic heterocycles. The minimum absolute atomic E-state index is 0.0835. The van der Waals surface area contributed by atoms with Gasteiger partial charge in [-0.15, -0.1) is 0 Å². The van der Waals surface area contributed by atoms with Crippen molar-refractivity contribution in [1.82, 2.24) is 10.1 Å². The van der Waals surface area contributed by atoms with Gasteiger partial charge in [-0.2, -0.15) is 4.98 Å². The van der Waals surface area contributed by atoms with Gasteiger partial charge in [-0.3, -0.25) is 14.9 Å². The van der Waals surface area contributed by atoms with Gasteiger partial charge >= 0.3 is 0 Å². The number of Topliss-reactive ketones (excluding diaryl/α,β-unsaturated/α-hetero) is 1. The normalized spacial score (nSPS) is 18.7. The smallest absolute Gasteiger partial charge is 0.280 e. The third kappa shape index (κ3) is 2.54. The van der Waals surface area contributed by atoms with E-state index in [0.29, 0.717) is 18.4 Å². The quantitative estimate of drug-likeness (QED) is 0.635. The molecule has 0 bridgehead atoms. The molecular formula is C14H13N3O4. The maximum absolute atomic E-state index is 11.9. The van der Waals surface area contributed by atoms with Gasteiger partial charge in [0, 0.05) is 12.5 Å². The van der Waals surface area contributed by atoms with Gasteiger partial charge in [-0.25, -0.2) is 0 Å². The van der Waals surface area contributed by atoms with Crippen molar-refractivity contribution in [2.75, 3.05) is 0 Å². The Morgan fingerprint density at radius 1 is 1.29 bits per heavy atom. The summed E-state index contributed by atoms with van der Waals surface area (Å²) in [4.78, 5) is 26.6. The third-order valence-electron chi connectivity index (χ3n) is 3.64. The van der Waals surface area contributed by atoms with Crippen LogP contribution in [0.25, 0.3) is 11.4 Å². The van der Waals surface area contributed by atoms with E-state index in [1.165, 1.54) is 6.07 Å². The van der Waals surface area contributed by atoms with E-state index in [9.17, 15) is 14.9 Å². The van der Waals surface area contributed by atoms with Crippen LogP contribution in [0.3, 0.4) is 0 Å². The monoisotopic (exact) mass is 287 g/mol. The van der Waals surface area contributed by atoms with Gasteiger partial charge in [0.05, 0.1) is 10.8 Å². The van der Waals surface area contributed by atoms with Gasteiger partial charge in [-0.05, 0) is 18.9 Å². The van der Waals surface area contributed by atoms with Crippen molar-refractivity contribution in [3.63, 3.8) is 0 Å². The first-order chi connectivity index (χ1) is 10.2. The first-order valence-corrected chi connectivity index (χ1v) is 6.77. The summed E-state index contributed by atoms with van der Waals surface area (Å²) in [5, 5.41) is 14.8. The van der Waals surface area contributed by atoms with E-state index < -0.39 is 4.92 Å². The molecule has 0 saturated heterocycles. The van der Waals surface area contributed by atoms with Crippen LogP contribution in [0, 0.1) is 10.1 Å². The van der Waals surface area contributed by atoms with Crippen molar-refractivity contribution in [3.8, 4) is 11.4 Å². The Morgan fingerprint density at radius 2 is 2.10 bits per heavy atom. The second-order valence-electron chi connectivity index (χ2n) is 5.00. The predicted octanol–water partition coefficient (Wildman–Crippen LogP) is 2.87. The molecule has 0 radical (unpaired) electrons. The Morgan fingerprint density at radius 3 is 2.86 bits per heavy atom. The third-order valence-corrected chi connectivity index (χ3v) is 3.64. The first kappa shape index (κ1) is 13.4. The molecule has 7 heteroatoms. The number of aromatic nitrogens is 2. The molecule has 1 saturated carbocycles. The molecule has 108 valence electrons. The molecule has 0 spiro atoms. The summed E-state index contributed by atoms with van der Waals surface area (Å²) >= 11 is 0. The first-order valence-electron chi connectivity index (χ1n) is 6.77. The number of hydrogen-bond donors (Lipinski definition) is 0. The van der Waals surface area contributed by atoms with E-state index in [1.54, 1.807) is 18.2 Å². The Balaban J connectivity index is 1.95. The van der Waals surface area contributed by atoms with Crippen molar-refractivity contribution in [2.45, 2.75) is 31.6 Å². The summed E-state index contributed by atoms with van der Waals surface area (Å²) in [6, 6.07) is 6.20. The number of nitro groups is 1. The molecule has 2 aromatic rings. The van der Waals surface area contributed by atoms with Crippen LogP contribution in [-0.4, -0.2) is 20.8 Å². The van der Waals surface area contributed by atoms with Gasteiger partial charge < -0.3 is 4.52 Å². The van der Waals surface area contributed by atoms with E-state index in [1.807, 2.05) is 0 Å². The highest BCUT2D eigenvalue weighted by atomic mass is 16.6. The number of carbonyl (C=O) groups is 1. The van der Waals surface area contributed by atoms with Crippen LogP contribution in [0.5, 0.6) is 0 Å². The molecule has 1 unspecified atom stereocenters. The Bertz CT molecular complexity index is 695. The lowest BCUT2D eigenvalue weighted by molar-refractivity contribution is -0.384. The van der Waals surface area contributed by atoms with Crippen molar-refractivity contribution in [3.05, 3.63) is 40.3 Å². The molecule has 1 atom stereocenters. The molecule has 3 rings (SSSR count). The molecule has 1 aliphatic carbocycles. The Hall–Kier alpha value is -2.57.